The molecule has 5 nitrogen and oxygen atoms in total. The molecule has 28 heavy (non-hydrogen) atoms. The molecular weight excluding hydrogens is 350 g/mol. The molecule has 3 aromatic rings. The Morgan fingerprint density at radius 1 is 1.11 bits per heavy atom. The van der Waals surface area contributed by atoms with Crippen LogP contribution in [0.2, 0.25) is 0 Å². The van der Waals surface area contributed by atoms with Crippen LogP contribution in [0.15, 0.2) is 60.9 Å². The summed E-state index contributed by atoms with van der Waals surface area (Å²) in [5.74, 6) is 1.91. The highest BCUT2D eigenvalue weighted by atomic mass is 16.5. The van der Waals surface area contributed by atoms with Gasteiger partial charge < -0.3 is 14.6 Å². The number of carbonyl (C=O) groups is 1. The molecule has 1 heterocycles. The van der Waals surface area contributed by atoms with Gasteiger partial charge in [0.05, 0.1) is 0 Å². The summed E-state index contributed by atoms with van der Waals surface area (Å²) >= 11 is 0. The highest BCUT2D eigenvalue weighted by Crippen LogP contribution is 2.26. The van der Waals surface area contributed by atoms with E-state index in [1.165, 1.54) is 0 Å². The van der Waals surface area contributed by atoms with E-state index in [0.29, 0.717) is 12.5 Å². The molecule has 0 spiro atoms. The number of rotatable bonds is 7. The number of aromatic nitrogens is 2. The molecule has 0 bridgehead atoms. The Morgan fingerprint density at radius 2 is 1.82 bits per heavy atom. The van der Waals surface area contributed by atoms with Gasteiger partial charge in [0.2, 0.25) is 0 Å². The standard InChI is InChI=1S/C23H27N3O2/c1-16(2)21-7-5-6-8-22(21)28-17(3)23(27)25-15-19-9-11-20(12-10-19)26-14-13-24-18(26)4/h5-14,16-17H,15H2,1-4H3,(H,25,27)/t17-/m1/s1. The van der Waals surface area contributed by atoms with Crippen LogP contribution in [0, 0.1) is 6.92 Å². The largest absolute Gasteiger partial charge is 0.481 e. The quantitative estimate of drug-likeness (QED) is 0.664. The van der Waals surface area contributed by atoms with Crippen LogP contribution in [0.25, 0.3) is 5.69 Å². The van der Waals surface area contributed by atoms with Gasteiger partial charge in [0.1, 0.15) is 11.6 Å². The normalized spacial score (nSPS) is 12.0. The van der Waals surface area contributed by atoms with Gasteiger partial charge in [-0.1, -0.05) is 44.2 Å². The molecule has 0 saturated carbocycles. The second-order valence-electron chi connectivity index (χ2n) is 7.18. The van der Waals surface area contributed by atoms with Gasteiger partial charge in [-0.3, -0.25) is 4.79 Å². The molecule has 0 aliphatic carbocycles. The molecule has 1 aromatic heterocycles. The predicted octanol–water partition coefficient (Wildman–Crippen LogP) is 4.39. The number of carbonyl (C=O) groups excluding carboxylic acids is 1. The predicted molar refractivity (Wildman–Crippen MR) is 111 cm³/mol. The fraction of sp³-hybridized carbons (Fsp3) is 0.304. The molecule has 0 saturated heterocycles. The maximum atomic E-state index is 12.5. The first kappa shape index (κ1) is 19.7. The van der Waals surface area contributed by atoms with Gasteiger partial charge in [0.15, 0.2) is 6.10 Å². The van der Waals surface area contributed by atoms with E-state index < -0.39 is 6.10 Å². The number of ether oxygens (including phenoxy) is 1. The lowest BCUT2D eigenvalue weighted by atomic mass is 10.0. The summed E-state index contributed by atoms with van der Waals surface area (Å²) in [6.07, 6.45) is 3.15. The van der Waals surface area contributed by atoms with Crippen molar-refractivity contribution >= 4 is 5.91 Å². The third-order valence-corrected chi connectivity index (χ3v) is 4.72. The minimum absolute atomic E-state index is 0.131. The second-order valence-corrected chi connectivity index (χ2v) is 7.18. The molecular formula is C23H27N3O2. The van der Waals surface area contributed by atoms with Crippen LogP contribution < -0.4 is 10.1 Å². The van der Waals surface area contributed by atoms with Crippen LogP contribution in [0.5, 0.6) is 5.75 Å². The van der Waals surface area contributed by atoms with E-state index in [0.717, 1.165) is 28.4 Å². The van der Waals surface area contributed by atoms with Crippen LogP contribution in [0.3, 0.4) is 0 Å². The third kappa shape index (κ3) is 4.60. The smallest absolute Gasteiger partial charge is 0.261 e. The van der Waals surface area contributed by atoms with E-state index in [9.17, 15) is 4.79 Å². The number of benzene rings is 2. The average Bonchev–Trinajstić information content (AvgIpc) is 3.12. The molecule has 0 fully saturated rings. The first-order valence-electron chi connectivity index (χ1n) is 9.58. The van der Waals surface area contributed by atoms with Crippen molar-refractivity contribution in [3.8, 4) is 11.4 Å². The fourth-order valence-corrected chi connectivity index (χ4v) is 3.07. The van der Waals surface area contributed by atoms with Crippen molar-refractivity contribution in [2.75, 3.05) is 0 Å². The number of nitrogens with zero attached hydrogens (tertiary/aromatic N) is 2. The molecule has 5 heteroatoms. The molecule has 3 rings (SSSR count). The Kier molecular flexibility index (Phi) is 6.14. The Morgan fingerprint density at radius 3 is 2.46 bits per heavy atom. The number of para-hydroxylation sites is 1. The first-order valence-corrected chi connectivity index (χ1v) is 9.58. The summed E-state index contributed by atoms with van der Waals surface area (Å²) in [5, 5.41) is 2.95. The van der Waals surface area contributed by atoms with E-state index >= 15 is 0 Å². The highest BCUT2D eigenvalue weighted by Gasteiger charge is 2.17. The third-order valence-electron chi connectivity index (χ3n) is 4.72. The lowest BCUT2D eigenvalue weighted by molar-refractivity contribution is -0.127. The number of hydrogen-bond donors (Lipinski definition) is 1. The van der Waals surface area contributed by atoms with Crippen molar-refractivity contribution in [1.29, 1.82) is 0 Å². The lowest BCUT2D eigenvalue weighted by Crippen LogP contribution is -2.36. The minimum Gasteiger partial charge on any atom is -0.481 e. The van der Waals surface area contributed by atoms with Crippen LogP contribution in [-0.4, -0.2) is 21.6 Å². The molecule has 2 aromatic carbocycles. The Bertz CT molecular complexity index is 929. The first-order chi connectivity index (χ1) is 13.5. The van der Waals surface area contributed by atoms with E-state index in [1.54, 1.807) is 13.1 Å². The SMILES string of the molecule is Cc1nccn1-c1ccc(CNC(=O)[C@@H](C)Oc2ccccc2C(C)C)cc1. The van der Waals surface area contributed by atoms with Gasteiger partial charge in [-0.25, -0.2) is 4.98 Å². The summed E-state index contributed by atoms with van der Waals surface area (Å²) in [5.41, 5.74) is 3.18. The summed E-state index contributed by atoms with van der Waals surface area (Å²) in [6, 6.07) is 15.9. The van der Waals surface area contributed by atoms with Gasteiger partial charge in [0.25, 0.3) is 5.91 Å². The van der Waals surface area contributed by atoms with Crippen molar-refractivity contribution in [3.63, 3.8) is 0 Å². The summed E-state index contributed by atoms with van der Waals surface area (Å²) < 4.78 is 7.93. The molecule has 0 unspecified atom stereocenters. The maximum Gasteiger partial charge on any atom is 0.261 e. The number of imidazole rings is 1. The van der Waals surface area contributed by atoms with Crippen molar-refractivity contribution in [2.24, 2.45) is 0 Å². The average molecular weight is 377 g/mol. The van der Waals surface area contributed by atoms with Crippen LogP contribution >= 0.6 is 0 Å². The topological polar surface area (TPSA) is 56.2 Å². The zero-order valence-electron chi connectivity index (χ0n) is 16.8. The van der Waals surface area contributed by atoms with E-state index in [2.05, 4.69) is 24.1 Å². The minimum atomic E-state index is -0.562. The van der Waals surface area contributed by atoms with Crippen molar-refractivity contribution in [3.05, 3.63) is 77.9 Å². The zero-order valence-corrected chi connectivity index (χ0v) is 16.8. The van der Waals surface area contributed by atoms with Crippen LogP contribution in [-0.2, 0) is 11.3 Å². The molecule has 1 amide bonds. The molecule has 146 valence electrons. The number of amides is 1. The number of nitrogens with one attached hydrogen (secondary N) is 1. The number of aryl methyl sites for hydroxylation is 1. The van der Waals surface area contributed by atoms with E-state index in [1.807, 2.05) is 66.2 Å². The number of hydrogen-bond acceptors (Lipinski definition) is 3. The van der Waals surface area contributed by atoms with Gasteiger partial charge in [-0.2, -0.15) is 0 Å². The molecule has 1 N–H and O–H groups in total. The molecule has 0 aliphatic heterocycles. The summed E-state index contributed by atoms with van der Waals surface area (Å²) in [7, 11) is 0. The van der Waals surface area contributed by atoms with E-state index in [-0.39, 0.29) is 5.91 Å². The molecule has 0 radical (unpaired) electrons. The van der Waals surface area contributed by atoms with Crippen LogP contribution in [0.1, 0.15) is 43.6 Å². The fourth-order valence-electron chi connectivity index (χ4n) is 3.07. The van der Waals surface area contributed by atoms with E-state index in [4.69, 9.17) is 4.74 Å². The molecule has 0 aliphatic rings. The Labute approximate surface area is 166 Å². The second kappa shape index (κ2) is 8.74. The summed E-state index contributed by atoms with van der Waals surface area (Å²) in [4.78, 5) is 16.7. The van der Waals surface area contributed by atoms with Crippen molar-refractivity contribution < 1.29 is 9.53 Å². The van der Waals surface area contributed by atoms with Gasteiger partial charge >= 0.3 is 0 Å². The van der Waals surface area contributed by atoms with Crippen LogP contribution in [0.4, 0.5) is 0 Å². The monoisotopic (exact) mass is 377 g/mol. The maximum absolute atomic E-state index is 12.5. The Balaban J connectivity index is 1.57. The van der Waals surface area contributed by atoms with Gasteiger partial charge in [-0.15, -0.1) is 0 Å². The zero-order chi connectivity index (χ0) is 20.1. The van der Waals surface area contributed by atoms with Crippen molar-refractivity contribution in [1.82, 2.24) is 14.9 Å². The molecule has 1 atom stereocenters. The summed E-state index contributed by atoms with van der Waals surface area (Å²) in [6.45, 7) is 8.43. The van der Waals surface area contributed by atoms with Gasteiger partial charge in [-0.05, 0) is 49.1 Å². The Hall–Kier alpha value is -3.08. The lowest BCUT2D eigenvalue weighted by Gasteiger charge is -2.18. The van der Waals surface area contributed by atoms with Gasteiger partial charge in [0, 0.05) is 24.6 Å². The van der Waals surface area contributed by atoms with Crippen molar-refractivity contribution in [2.45, 2.75) is 46.3 Å². The highest BCUT2D eigenvalue weighted by molar-refractivity contribution is 5.80.